The summed E-state index contributed by atoms with van der Waals surface area (Å²) in [5, 5.41) is 5.81. The maximum Gasteiger partial charge on any atom is 0.0317 e. The molecule has 0 aromatic carbocycles. The lowest BCUT2D eigenvalue weighted by Crippen LogP contribution is -2.42. The first-order valence-electron chi connectivity index (χ1n) is 5.95. The van der Waals surface area contributed by atoms with Crippen LogP contribution in [0.15, 0.2) is 15.9 Å². The molecule has 0 spiro atoms. The first kappa shape index (κ1) is 12.6. The van der Waals surface area contributed by atoms with Crippen LogP contribution in [-0.4, -0.2) is 12.1 Å². The highest BCUT2D eigenvalue weighted by molar-refractivity contribution is 9.10. The van der Waals surface area contributed by atoms with Gasteiger partial charge in [-0.15, -0.1) is 11.3 Å². The summed E-state index contributed by atoms with van der Waals surface area (Å²) in [6, 6.07) is 2.17. The van der Waals surface area contributed by atoms with E-state index in [2.05, 4.69) is 53.5 Å². The summed E-state index contributed by atoms with van der Waals surface area (Å²) >= 11 is 5.55. The van der Waals surface area contributed by atoms with Crippen LogP contribution in [0.4, 0.5) is 0 Å². The van der Waals surface area contributed by atoms with Gasteiger partial charge in [0.2, 0.25) is 0 Å². The predicted molar refractivity (Wildman–Crippen MR) is 75.2 cm³/mol. The summed E-state index contributed by atoms with van der Waals surface area (Å²) in [5.41, 5.74) is 0.243. The van der Waals surface area contributed by atoms with E-state index in [9.17, 15) is 0 Å². The number of halogens is 1. The summed E-state index contributed by atoms with van der Waals surface area (Å²) in [5.74, 6) is 1.61. The molecule has 1 aliphatic carbocycles. The zero-order valence-corrected chi connectivity index (χ0v) is 12.6. The summed E-state index contributed by atoms with van der Waals surface area (Å²) in [6.45, 7) is 7.86. The fraction of sp³-hybridized carbons (Fsp3) is 0.692. The van der Waals surface area contributed by atoms with Crippen molar-refractivity contribution >= 4 is 27.3 Å². The Balaban J connectivity index is 1.92. The first-order chi connectivity index (χ1) is 7.47. The summed E-state index contributed by atoms with van der Waals surface area (Å²) in [7, 11) is 0. The minimum Gasteiger partial charge on any atom is -0.312 e. The molecule has 1 aromatic rings. The average molecular weight is 302 g/mol. The zero-order valence-electron chi connectivity index (χ0n) is 10.2. The van der Waals surface area contributed by atoms with Crippen LogP contribution in [-0.2, 0) is 0 Å². The number of thiophene rings is 1. The maximum absolute atomic E-state index is 3.65. The molecule has 0 bridgehead atoms. The predicted octanol–water partition coefficient (Wildman–Crippen LogP) is 4.39. The molecule has 1 saturated carbocycles. The van der Waals surface area contributed by atoms with E-state index < -0.39 is 0 Å². The number of rotatable bonds is 3. The fourth-order valence-corrected chi connectivity index (χ4v) is 4.06. The Morgan fingerprint density at radius 2 is 2.19 bits per heavy atom. The van der Waals surface area contributed by atoms with Crippen molar-refractivity contribution in [3.05, 3.63) is 20.8 Å². The minimum absolute atomic E-state index is 0.243. The van der Waals surface area contributed by atoms with Crippen molar-refractivity contribution in [1.82, 2.24) is 5.32 Å². The van der Waals surface area contributed by atoms with Gasteiger partial charge in [0, 0.05) is 14.9 Å². The molecule has 2 rings (SSSR count). The Labute approximate surface area is 111 Å². The third-order valence-electron chi connectivity index (χ3n) is 3.29. The van der Waals surface area contributed by atoms with E-state index >= 15 is 0 Å². The average Bonchev–Trinajstić information content (AvgIpc) is 2.48. The number of hydrogen-bond acceptors (Lipinski definition) is 2. The van der Waals surface area contributed by atoms with Gasteiger partial charge in [-0.1, -0.05) is 0 Å². The van der Waals surface area contributed by atoms with Crippen molar-refractivity contribution < 1.29 is 0 Å². The van der Waals surface area contributed by atoms with Gasteiger partial charge in [0.25, 0.3) is 0 Å². The molecule has 2 atom stereocenters. The lowest BCUT2D eigenvalue weighted by molar-refractivity contribution is 0.228. The van der Waals surface area contributed by atoms with Crippen LogP contribution in [0.1, 0.15) is 44.4 Å². The van der Waals surface area contributed by atoms with E-state index in [4.69, 9.17) is 0 Å². The number of nitrogens with one attached hydrogen (secondary N) is 1. The first-order valence-corrected chi connectivity index (χ1v) is 7.62. The van der Waals surface area contributed by atoms with Crippen LogP contribution >= 0.6 is 27.3 Å². The molecule has 1 fully saturated rings. The Bertz CT molecular complexity index is 353. The van der Waals surface area contributed by atoms with Crippen molar-refractivity contribution in [2.75, 3.05) is 6.54 Å². The lowest BCUT2D eigenvalue weighted by atomic mass is 9.72. The number of hydrogen-bond donors (Lipinski definition) is 1. The SMILES string of the molecule is CC(C)(C)NCC1CCC1c1sccc1Br. The van der Waals surface area contributed by atoms with Crippen LogP contribution in [0.2, 0.25) is 0 Å². The molecular weight excluding hydrogens is 282 g/mol. The smallest absolute Gasteiger partial charge is 0.0317 e. The van der Waals surface area contributed by atoms with Crippen LogP contribution in [0, 0.1) is 5.92 Å². The third kappa shape index (κ3) is 2.88. The molecule has 1 aliphatic rings. The standard InChI is InChI=1S/C13H20BrNS/c1-13(2,3)15-8-9-4-5-10(9)12-11(14)6-7-16-12/h6-7,9-10,15H,4-5,8H2,1-3H3. The van der Waals surface area contributed by atoms with Gasteiger partial charge in [-0.05, 0) is 79.4 Å². The monoisotopic (exact) mass is 301 g/mol. The van der Waals surface area contributed by atoms with Gasteiger partial charge in [-0.2, -0.15) is 0 Å². The normalized spacial score (nSPS) is 25.5. The van der Waals surface area contributed by atoms with Crippen molar-refractivity contribution in [2.24, 2.45) is 5.92 Å². The maximum atomic E-state index is 3.65. The van der Waals surface area contributed by atoms with Gasteiger partial charge in [0.05, 0.1) is 0 Å². The van der Waals surface area contributed by atoms with Gasteiger partial charge < -0.3 is 5.32 Å². The van der Waals surface area contributed by atoms with Crippen molar-refractivity contribution in [1.29, 1.82) is 0 Å². The Kier molecular flexibility index (Phi) is 3.77. The van der Waals surface area contributed by atoms with E-state index in [-0.39, 0.29) is 5.54 Å². The quantitative estimate of drug-likeness (QED) is 0.873. The van der Waals surface area contributed by atoms with Gasteiger partial charge in [0.15, 0.2) is 0 Å². The van der Waals surface area contributed by atoms with Crippen molar-refractivity contribution in [3.8, 4) is 0 Å². The topological polar surface area (TPSA) is 12.0 Å². The second-order valence-corrected chi connectivity index (χ2v) is 7.51. The molecule has 0 aliphatic heterocycles. The Morgan fingerprint density at radius 1 is 1.44 bits per heavy atom. The van der Waals surface area contributed by atoms with E-state index in [0.29, 0.717) is 0 Å². The van der Waals surface area contributed by atoms with Crippen LogP contribution in [0.3, 0.4) is 0 Å². The molecule has 0 amide bonds. The third-order valence-corrected chi connectivity index (χ3v) is 5.30. The highest BCUT2D eigenvalue weighted by Gasteiger charge is 2.34. The minimum atomic E-state index is 0.243. The van der Waals surface area contributed by atoms with Gasteiger partial charge >= 0.3 is 0 Å². The van der Waals surface area contributed by atoms with Gasteiger partial charge in [-0.25, -0.2) is 0 Å². The largest absolute Gasteiger partial charge is 0.312 e. The molecule has 1 N–H and O–H groups in total. The summed E-state index contributed by atoms with van der Waals surface area (Å²) in [4.78, 5) is 1.55. The highest BCUT2D eigenvalue weighted by atomic mass is 79.9. The van der Waals surface area contributed by atoms with Crippen molar-refractivity contribution in [2.45, 2.75) is 45.1 Å². The lowest BCUT2D eigenvalue weighted by Gasteiger charge is -2.38. The van der Waals surface area contributed by atoms with E-state index in [1.54, 1.807) is 4.88 Å². The van der Waals surface area contributed by atoms with Crippen LogP contribution in [0.5, 0.6) is 0 Å². The van der Waals surface area contributed by atoms with Crippen molar-refractivity contribution in [3.63, 3.8) is 0 Å². The zero-order chi connectivity index (χ0) is 11.8. The molecule has 1 nitrogen and oxygen atoms in total. The second-order valence-electron chi connectivity index (χ2n) is 5.71. The van der Waals surface area contributed by atoms with Gasteiger partial charge in [0.1, 0.15) is 0 Å². The Hall–Kier alpha value is 0.140. The van der Waals surface area contributed by atoms with E-state index in [1.807, 2.05) is 11.3 Å². The fourth-order valence-electron chi connectivity index (χ4n) is 2.17. The Morgan fingerprint density at radius 3 is 2.62 bits per heavy atom. The summed E-state index contributed by atoms with van der Waals surface area (Å²) < 4.78 is 1.31. The molecule has 90 valence electrons. The molecule has 1 heterocycles. The molecule has 1 aromatic heterocycles. The molecule has 16 heavy (non-hydrogen) atoms. The highest BCUT2D eigenvalue weighted by Crippen LogP contribution is 2.46. The molecule has 0 radical (unpaired) electrons. The summed E-state index contributed by atoms with van der Waals surface area (Å²) in [6.07, 6.45) is 2.73. The van der Waals surface area contributed by atoms with Crippen LogP contribution in [0.25, 0.3) is 0 Å². The van der Waals surface area contributed by atoms with E-state index in [0.717, 1.165) is 18.4 Å². The van der Waals surface area contributed by atoms with Gasteiger partial charge in [-0.3, -0.25) is 0 Å². The molecule has 2 unspecified atom stereocenters. The molecular formula is C13H20BrNS. The van der Waals surface area contributed by atoms with Crippen LogP contribution < -0.4 is 5.32 Å². The van der Waals surface area contributed by atoms with E-state index in [1.165, 1.54) is 17.3 Å². The molecule has 0 saturated heterocycles. The molecule has 3 heteroatoms. The second kappa shape index (κ2) is 4.79.